The van der Waals surface area contributed by atoms with Crippen LogP contribution in [0.2, 0.25) is 0 Å². The fraction of sp³-hybridized carbons (Fsp3) is 0.294. The Morgan fingerprint density at radius 3 is 2.55 bits per heavy atom. The van der Waals surface area contributed by atoms with Gasteiger partial charge in [0.1, 0.15) is 11.6 Å². The average molecular weight is 274 g/mol. The molecule has 20 heavy (non-hydrogen) atoms. The van der Waals surface area contributed by atoms with Crippen molar-refractivity contribution in [1.29, 1.82) is 0 Å². The first-order valence-electron chi connectivity index (χ1n) is 6.59. The van der Waals surface area contributed by atoms with Crippen molar-refractivity contribution in [2.75, 3.05) is 7.11 Å². The maximum Gasteiger partial charge on any atom is 0.126 e. The Bertz CT molecular complexity index is 608. The second-order valence-electron chi connectivity index (χ2n) is 5.04. The molecule has 0 bridgehead atoms. The number of halogens is 1. The highest BCUT2D eigenvalue weighted by molar-refractivity contribution is 5.38. The van der Waals surface area contributed by atoms with E-state index in [1.807, 2.05) is 25.1 Å². The number of aliphatic hydroxyl groups excluding tert-OH is 1. The monoisotopic (exact) mass is 274 g/mol. The zero-order valence-electron chi connectivity index (χ0n) is 12.0. The predicted molar refractivity (Wildman–Crippen MR) is 77.5 cm³/mol. The Hall–Kier alpha value is -1.87. The summed E-state index contributed by atoms with van der Waals surface area (Å²) in [5, 5.41) is 10.3. The van der Waals surface area contributed by atoms with Crippen molar-refractivity contribution < 1.29 is 14.2 Å². The van der Waals surface area contributed by atoms with Gasteiger partial charge in [-0.25, -0.2) is 4.39 Å². The third kappa shape index (κ3) is 3.17. The van der Waals surface area contributed by atoms with Crippen LogP contribution in [0.25, 0.3) is 0 Å². The summed E-state index contributed by atoms with van der Waals surface area (Å²) >= 11 is 0. The molecule has 0 spiro atoms. The molecule has 0 aliphatic heterocycles. The van der Waals surface area contributed by atoms with Gasteiger partial charge in [0, 0.05) is 6.42 Å². The van der Waals surface area contributed by atoms with Crippen molar-refractivity contribution in [1.82, 2.24) is 0 Å². The smallest absolute Gasteiger partial charge is 0.126 e. The van der Waals surface area contributed by atoms with Gasteiger partial charge in [0.25, 0.3) is 0 Å². The van der Waals surface area contributed by atoms with Crippen LogP contribution in [0.4, 0.5) is 4.39 Å². The molecule has 0 amide bonds. The van der Waals surface area contributed by atoms with Crippen LogP contribution in [0.15, 0.2) is 36.4 Å². The maximum absolute atomic E-state index is 13.6. The molecule has 0 saturated heterocycles. The minimum atomic E-state index is -0.749. The van der Waals surface area contributed by atoms with E-state index >= 15 is 0 Å². The summed E-state index contributed by atoms with van der Waals surface area (Å²) in [4.78, 5) is 0. The van der Waals surface area contributed by atoms with Gasteiger partial charge < -0.3 is 9.84 Å². The van der Waals surface area contributed by atoms with Crippen LogP contribution < -0.4 is 4.74 Å². The first-order chi connectivity index (χ1) is 9.51. The highest BCUT2D eigenvalue weighted by Crippen LogP contribution is 2.26. The summed E-state index contributed by atoms with van der Waals surface area (Å²) in [5.74, 6) is 0.444. The number of methoxy groups -OCH3 is 1. The van der Waals surface area contributed by atoms with Gasteiger partial charge >= 0.3 is 0 Å². The van der Waals surface area contributed by atoms with Crippen LogP contribution in [0.5, 0.6) is 5.75 Å². The number of benzene rings is 2. The van der Waals surface area contributed by atoms with Gasteiger partial charge in [0.05, 0.1) is 13.2 Å². The van der Waals surface area contributed by atoms with Crippen LogP contribution in [-0.2, 0) is 6.42 Å². The average Bonchev–Trinajstić information content (AvgIpc) is 2.42. The van der Waals surface area contributed by atoms with Gasteiger partial charge in [-0.05, 0) is 42.7 Å². The van der Waals surface area contributed by atoms with E-state index in [1.165, 1.54) is 6.07 Å². The van der Waals surface area contributed by atoms with Gasteiger partial charge in [-0.3, -0.25) is 0 Å². The fourth-order valence-corrected chi connectivity index (χ4v) is 2.21. The first-order valence-corrected chi connectivity index (χ1v) is 6.59. The van der Waals surface area contributed by atoms with Crippen LogP contribution in [0.3, 0.4) is 0 Å². The lowest BCUT2D eigenvalue weighted by Crippen LogP contribution is -2.04. The largest absolute Gasteiger partial charge is 0.496 e. The third-order valence-corrected chi connectivity index (χ3v) is 3.43. The maximum atomic E-state index is 13.6. The summed E-state index contributed by atoms with van der Waals surface area (Å²) in [6.45, 7) is 3.69. The molecule has 2 aromatic carbocycles. The molecule has 0 heterocycles. The molecule has 3 heteroatoms. The van der Waals surface area contributed by atoms with E-state index in [2.05, 4.69) is 0 Å². The van der Waals surface area contributed by atoms with E-state index in [4.69, 9.17) is 4.74 Å². The third-order valence-electron chi connectivity index (χ3n) is 3.43. The quantitative estimate of drug-likeness (QED) is 0.920. The Morgan fingerprint density at radius 1 is 1.15 bits per heavy atom. The summed E-state index contributed by atoms with van der Waals surface area (Å²) in [5.41, 5.74) is 3.18. The van der Waals surface area contributed by atoms with Crippen LogP contribution in [-0.4, -0.2) is 12.2 Å². The van der Waals surface area contributed by atoms with Crippen molar-refractivity contribution in [3.05, 3.63) is 64.5 Å². The van der Waals surface area contributed by atoms with Gasteiger partial charge in [0.15, 0.2) is 0 Å². The fourth-order valence-electron chi connectivity index (χ4n) is 2.21. The number of ether oxygens (including phenoxy) is 1. The molecule has 0 aliphatic rings. The number of rotatable bonds is 4. The van der Waals surface area contributed by atoms with E-state index in [0.717, 1.165) is 16.9 Å². The van der Waals surface area contributed by atoms with E-state index in [0.29, 0.717) is 17.5 Å². The lowest BCUT2D eigenvalue weighted by molar-refractivity contribution is 0.176. The second kappa shape index (κ2) is 6.06. The number of aliphatic hydroxyl groups is 1. The highest BCUT2D eigenvalue weighted by atomic mass is 19.1. The summed E-state index contributed by atoms with van der Waals surface area (Å²) in [6, 6.07) is 10.6. The summed E-state index contributed by atoms with van der Waals surface area (Å²) in [7, 11) is 1.60. The normalized spacial score (nSPS) is 12.2. The van der Waals surface area contributed by atoms with E-state index in [9.17, 15) is 9.50 Å². The number of aryl methyl sites for hydroxylation is 2. The van der Waals surface area contributed by atoms with Crippen molar-refractivity contribution in [3.8, 4) is 5.75 Å². The van der Waals surface area contributed by atoms with E-state index < -0.39 is 6.10 Å². The molecular weight excluding hydrogens is 255 g/mol. The molecule has 2 nitrogen and oxygen atoms in total. The Morgan fingerprint density at radius 2 is 1.90 bits per heavy atom. The van der Waals surface area contributed by atoms with E-state index in [1.54, 1.807) is 26.2 Å². The Labute approximate surface area is 118 Å². The lowest BCUT2D eigenvalue weighted by Gasteiger charge is -2.15. The van der Waals surface area contributed by atoms with Gasteiger partial charge in [0.2, 0.25) is 0 Å². The molecular formula is C17H19FO2. The highest BCUT2D eigenvalue weighted by Gasteiger charge is 2.13. The molecule has 1 unspecified atom stereocenters. The molecule has 0 radical (unpaired) electrons. The SMILES string of the molecule is COc1ccc(C)cc1CC(O)c1ccc(C)c(F)c1. The van der Waals surface area contributed by atoms with Crippen LogP contribution in [0.1, 0.15) is 28.4 Å². The molecule has 2 aromatic rings. The molecule has 2 rings (SSSR count). The predicted octanol–water partition coefficient (Wildman–Crippen LogP) is 3.73. The minimum Gasteiger partial charge on any atom is -0.496 e. The van der Waals surface area contributed by atoms with Crippen molar-refractivity contribution in [2.24, 2.45) is 0 Å². The Balaban J connectivity index is 2.24. The first kappa shape index (κ1) is 14.5. The second-order valence-corrected chi connectivity index (χ2v) is 5.04. The molecule has 1 N–H and O–H groups in total. The summed E-state index contributed by atoms with van der Waals surface area (Å²) in [6.07, 6.45) is -0.353. The van der Waals surface area contributed by atoms with Crippen molar-refractivity contribution >= 4 is 0 Å². The number of hydrogen-bond acceptors (Lipinski definition) is 2. The lowest BCUT2D eigenvalue weighted by atomic mass is 9.98. The topological polar surface area (TPSA) is 29.5 Å². The standard InChI is InChI=1S/C17H19FO2/c1-11-4-7-17(20-3)14(8-11)10-16(19)13-6-5-12(2)15(18)9-13/h4-9,16,19H,10H2,1-3H3. The molecule has 106 valence electrons. The molecule has 0 aromatic heterocycles. The minimum absolute atomic E-state index is 0.294. The molecule has 0 aliphatic carbocycles. The zero-order chi connectivity index (χ0) is 14.7. The van der Waals surface area contributed by atoms with Crippen LogP contribution in [0, 0.1) is 19.7 Å². The molecule has 0 saturated carbocycles. The zero-order valence-corrected chi connectivity index (χ0v) is 12.0. The summed E-state index contributed by atoms with van der Waals surface area (Å²) < 4.78 is 18.8. The van der Waals surface area contributed by atoms with Crippen LogP contribution >= 0.6 is 0 Å². The van der Waals surface area contributed by atoms with Crippen molar-refractivity contribution in [3.63, 3.8) is 0 Å². The van der Waals surface area contributed by atoms with E-state index in [-0.39, 0.29) is 5.82 Å². The number of hydrogen-bond donors (Lipinski definition) is 1. The van der Waals surface area contributed by atoms with Gasteiger partial charge in [-0.15, -0.1) is 0 Å². The Kier molecular flexibility index (Phi) is 4.40. The molecule has 0 fully saturated rings. The van der Waals surface area contributed by atoms with Gasteiger partial charge in [-0.1, -0.05) is 29.8 Å². The van der Waals surface area contributed by atoms with Gasteiger partial charge in [-0.2, -0.15) is 0 Å². The molecule has 1 atom stereocenters. The van der Waals surface area contributed by atoms with Crippen molar-refractivity contribution in [2.45, 2.75) is 26.4 Å².